The van der Waals surface area contributed by atoms with E-state index in [4.69, 9.17) is 5.73 Å². The number of rotatable bonds is 4. The number of anilines is 1. The Kier molecular flexibility index (Phi) is 4.91. The van der Waals surface area contributed by atoms with Gasteiger partial charge in [0.15, 0.2) is 0 Å². The van der Waals surface area contributed by atoms with Crippen LogP contribution < -0.4 is 21.2 Å². The second-order valence-corrected chi connectivity index (χ2v) is 7.30. The summed E-state index contributed by atoms with van der Waals surface area (Å²) in [6.45, 7) is 4.02. The van der Waals surface area contributed by atoms with Gasteiger partial charge in [0, 0.05) is 12.7 Å². The monoisotopic (exact) mass is 406 g/mol. The number of benzene rings is 1. The molecule has 8 heteroatoms. The van der Waals surface area contributed by atoms with Crippen LogP contribution in [0.4, 0.5) is 10.2 Å². The molecular formula is C22H21FN5O2+. The molecule has 4 aromatic rings. The molecule has 0 spiro atoms. The maximum atomic E-state index is 13.1. The summed E-state index contributed by atoms with van der Waals surface area (Å²) in [5.41, 5.74) is 7.91. The van der Waals surface area contributed by atoms with Crippen LogP contribution in [0, 0.1) is 5.82 Å². The van der Waals surface area contributed by atoms with Crippen molar-refractivity contribution >= 4 is 28.4 Å². The Morgan fingerprint density at radius 1 is 1.23 bits per heavy atom. The number of nitrogens with one attached hydrogen (secondary N) is 1. The van der Waals surface area contributed by atoms with Gasteiger partial charge in [-0.25, -0.2) is 8.96 Å². The molecule has 3 aromatic heterocycles. The van der Waals surface area contributed by atoms with E-state index < -0.39 is 5.91 Å². The van der Waals surface area contributed by atoms with Gasteiger partial charge in [-0.1, -0.05) is 23.2 Å². The second kappa shape index (κ2) is 7.55. The normalized spacial score (nSPS) is 11.3. The van der Waals surface area contributed by atoms with Crippen LogP contribution >= 0.6 is 0 Å². The Bertz CT molecular complexity index is 1330. The fraction of sp³-hybridized carbons (Fsp3) is 0.182. The van der Waals surface area contributed by atoms with Gasteiger partial charge < -0.3 is 11.1 Å². The Hall–Kier alpha value is -3.81. The number of hydrogen-bond acceptors (Lipinski definition) is 4. The number of amides is 1. The van der Waals surface area contributed by atoms with Gasteiger partial charge in [-0.3, -0.25) is 14.0 Å². The summed E-state index contributed by atoms with van der Waals surface area (Å²) in [4.78, 5) is 30.6. The van der Waals surface area contributed by atoms with Crippen molar-refractivity contribution in [3.63, 3.8) is 0 Å². The Morgan fingerprint density at radius 3 is 2.67 bits per heavy atom. The number of fused-ring (bicyclic) bond motifs is 2. The molecule has 0 radical (unpaired) electrons. The summed E-state index contributed by atoms with van der Waals surface area (Å²) in [7, 11) is 0. The third-order valence-corrected chi connectivity index (χ3v) is 4.93. The minimum absolute atomic E-state index is 0.129. The Balaban J connectivity index is 1.83. The van der Waals surface area contributed by atoms with E-state index in [1.165, 1.54) is 22.6 Å². The molecule has 1 aromatic carbocycles. The number of carbonyl (C=O) groups excluding carboxylic acids is 1. The number of nitrogens with two attached hydrogens (primary N) is 1. The first-order valence-electron chi connectivity index (χ1n) is 9.54. The fourth-order valence-corrected chi connectivity index (χ4v) is 3.45. The van der Waals surface area contributed by atoms with Crippen LogP contribution in [-0.2, 0) is 6.54 Å². The highest BCUT2D eigenvalue weighted by Crippen LogP contribution is 2.17. The van der Waals surface area contributed by atoms with Gasteiger partial charge in [-0.15, -0.1) is 0 Å². The summed E-state index contributed by atoms with van der Waals surface area (Å²) in [5.74, 6) is -0.547. The lowest BCUT2D eigenvalue weighted by atomic mass is 10.1. The lowest BCUT2D eigenvalue weighted by Crippen LogP contribution is -2.44. The number of nitrogen functional groups attached to an aromatic ring is 1. The summed E-state index contributed by atoms with van der Waals surface area (Å²) in [5, 5.41) is 3.08. The van der Waals surface area contributed by atoms with Crippen molar-refractivity contribution in [3.05, 3.63) is 82.0 Å². The first-order chi connectivity index (χ1) is 14.4. The maximum Gasteiger partial charge on any atom is 0.278 e. The van der Waals surface area contributed by atoms with E-state index in [1.54, 1.807) is 41.1 Å². The average Bonchev–Trinajstić information content (AvgIpc) is 2.72. The number of pyridine rings is 2. The standard InChI is InChI=1S/C22H20FN5O2/c1-13(2)28-19(24)16(21(29)25-12-14-6-8-15(23)9-7-14)11-17-20(28)26-18-5-3-4-10-27(18)22(17)30/h3-11,13,24H,12H2,1-2H3,(H,25,29)/p+1. The van der Waals surface area contributed by atoms with Crippen molar-refractivity contribution in [2.45, 2.75) is 26.4 Å². The first kappa shape index (κ1) is 19.5. The number of carbonyl (C=O) groups is 1. The molecule has 4 rings (SSSR count). The molecule has 0 fully saturated rings. The minimum atomic E-state index is -0.425. The van der Waals surface area contributed by atoms with Crippen molar-refractivity contribution in [3.8, 4) is 0 Å². The van der Waals surface area contributed by atoms with Crippen LogP contribution in [0.3, 0.4) is 0 Å². The van der Waals surface area contributed by atoms with Crippen LogP contribution in [0.25, 0.3) is 16.7 Å². The molecular weight excluding hydrogens is 385 g/mol. The van der Waals surface area contributed by atoms with Crippen molar-refractivity contribution in [1.82, 2.24) is 14.7 Å². The molecule has 0 atom stereocenters. The summed E-state index contributed by atoms with van der Waals surface area (Å²) < 4.78 is 16.2. The molecule has 3 N–H and O–H groups in total. The summed E-state index contributed by atoms with van der Waals surface area (Å²) in [6.07, 6.45) is 1.63. The van der Waals surface area contributed by atoms with Gasteiger partial charge in [-0.05, 0) is 49.7 Å². The van der Waals surface area contributed by atoms with Crippen molar-refractivity contribution < 1.29 is 13.8 Å². The second-order valence-electron chi connectivity index (χ2n) is 7.30. The topological polar surface area (TPSA) is 93.4 Å². The zero-order chi connectivity index (χ0) is 21.4. The van der Waals surface area contributed by atoms with Crippen LogP contribution in [0.2, 0.25) is 0 Å². The maximum absolute atomic E-state index is 13.1. The SMILES string of the molecule is CC(C)[n+]1c(N)c(C(=O)NCc2ccc(F)cc2)cc2c(=O)n3ccccc3nc21. The molecule has 0 bridgehead atoms. The van der Waals surface area contributed by atoms with Crippen molar-refractivity contribution in [1.29, 1.82) is 0 Å². The van der Waals surface area contributed by atoms with Crippen molar-refractivity contribution in [2.75, 3.05) is 5.73 Å². The van der Waals surface area contributed by atoms with E-state index in [0.717, 1.165) is 5.56 Å². The summed E-state index contributed by atoms with van der Waals surface area (Å²) >= 11 is 0. The van der Waals surface area contributed by atoms with E-state index in [-0.39, 0.29) is 35.3 Å². The van der Waals surface area contributed by atoms with Gasteiger partial charge in [0.1, 0.15) is 16.8 Å². The number of hydrogen-bond donors (Lipinski definition) is 2. The van der Waals surface area contributed by atoms with Gasteiger partial charge >= 0.3 is 0 Å². The molecule has 1 amide bonds. The average molecular weight is 406 g/mol. The van der Waals surface area contributed by atoms with Gasteiger partial charge in [-0.2, -0.15) is 0 Å². The highest BCUT2D eigenvalue weighted by atomic mass is 19.1. The Labute approximate surface area is 171 Å². The largest absolute Gasteiger partial charge is 0.348 e. The molecule has 7 nitrogen and oxygen atoms in total. The van der Waals surface area contributed by atoms with Crippen LogP contribution in [0.1, 0.15) is 35.8 Å². The molecule has 30 heavy (non-hydrogen) atoms. The third-order valence-electron chi connectivity index (χ3n) is 4.93. The molecule has 0 aliphatic heterocycles. The van der Waals surface area contributed by atoms with Crippen LogP contribution in [0.15, 0.2) is 59.5 Å². The lowest BCUT2D eigenvalue weighted by Gasteiger charge is -2.14. The first-order valence-corrected chi connectivity index (χ1v) is 9.54. The molecule has 0 aliphatic carbocycles. The van der Waals surface area contributed by atoms with E-state index >= 15 is 0 Å². The van der Waals surface area contributed by atoms with Crippen LogP contribution in [-0.4, -0.2) is 15.3 Å². The van der Waals surface area contributed by atoms with Gasteiger partial charge in [0.25, 0.3) is 17.1 Å². The number of halogens is 1. The molecule has 0 aliphatic rings. The quantitative estimate of drug-likeness (QED) is 0.402. The highest BCUT2D eigenvalue weighted by molar-refractivity contribution is 6.00. The van der Waals surface area contributed by atoms with E-state index in [0.29, 0.717) is 16.7 Å². The fourth-order valence-electron chi connectivity index (χ4n) is 3.45. The third kappa shape index (κ3) is 3.36. The molecule has 0 saturated carbocycles. The van der Waals surface area contributed by atoms with Gasteiger partial charge in [0.2, 0.25) is 11.5 Å². The Morgan fingerprint density at radius 2 is 1.97 bits per heavy atom. The van der Waals surface area contributed by atoms with E-state index in [2.05, 4.69) is 10.3 Å². The number of nitrogens with zero attached hydrogens (tertiary/aromatic N) is 3. The highest BCUT2D eigenvalue weighted by Gasteiger charge is 2.25. The van der Waals surface area contributed by atoms with Crippen molar-refractivity contribution in [2.24, 2.45) is 0 Å². The van der Waals surface area contributed by atoms with Gasteiger partial charge in [0.05, 0.1) is 6.04 Å². The smallest absolute Gasteiger partial charge is 0.278 e. The zero-order valence-electron chi connectivity index (χ0n) is 16.6. The molecule has 0 unspecified atom stereocenters. The predicted octanol–water partition coefficient (Wildman–Crippen LogP) is 2.37. The minimum Gasteiger partial charge on any atom is -0.348 e. The predicted molar refractivity (Wildman–Crippen MR) is 112 cm³/mol. The van der Waals surface area contributed by atoms with E-state index in [1.807, 2.05) is 13.8 Å². The lowest BCUT2D eigenvalue weighted by molar-refractivity contribution is -0.679. The molecule has 152 valence electrons. The van der Waals surface area contributed by atoms with Crippen LogP contribution in [0.5, 0.6) is 0 Å². The number of aromatic nitrogens is 3. The molecule has 0 saturated heterocycles. The van der Waals surface area contributed by atoms with E-state index in [9.17, 15) is 14.0 Å². The summed E-state index contributed by atoms with van der Waals surface area (Å²) in [6, 6.07) is 12.5. The molecule has 3 heterocycles. The zero-order valence-corrected chi connectivity index (χ0v) is 16.6.